The fourth-order valence-electron chi connectivity index (χ4n) is 6.80. The summed E-state index contributed by atoms with van der Waals surface area (Å²) in [4.78, 5) is 0. The van der Waals surface area contributed by atoms with Crippen LogP contribution in [0.25, 0.3) is 0 Å². The maximum atomic E-state index is 5.86. The second kappa shape index (κ2) is 38.0. The Labute approximate surface area is 262 Å². The molecule has 0 aromatic carbocycles. The van der Waals surface area contributed by atoms with Crippen molar-refractivity contribution in [3.8, 4) is 0 Å². The second-order valence-electron chi connectivity index (χ2n) is 14.0. The average Bonchev–Trinajstić information content (AvgIpc) is 2.98. The van der Waals surface area contributed by atoms with Gasteiger partial charge in [0, 0.05) is 0 Å². The van der Waals surface area contributed by atoms with Crippen LogP contribution in [0.5, 0.6) is 0 Å². The molecule has 0 rings (SSSR count). The van der Waals surface area contributed by atoms with Crippen LogP contribution in [-0.2, 0) is 0 Å². The average molecular weight is 578 g/mol. The Morgan fingerprint density at radius 2 is 0.463 bits per heavy atom. The summed E-state index contributed by atoms with van der Waals surface area (Å²) in [7, 11) is 0. The highest BCUT2D eigenvalue weighted by Crippen LogP contribution is 2.23. The smallest absolute Gasteiger partial charge is 0.00772 e. The van der Waals surface area contributed by atoms with Crippen LogP contribution in [0, 0.1) is 5.92 Å². The van der Waals surface area contributed by atoms with E-state index in [2.05, 4.69) is 13.8 Å². The Bertz CT molecular complexity index is 397. The third-order valence-corrected chi connectivity index (χ3v) is 9.75. The summed E-state index contributed by atoms with van der Waals surface area (Å²) in [6.07, 6.45) is 52.5. The van der Waals surface area contributed by atoms with Crippen molar-refractivity contribution < 1.29 is 0 Å². The summed E-state index contributed by atoms with van der Waals surface area (Å²) in [6, 6.07) is 0. The van der Waals surface area contributed by atoms with Gasteiger partial charge < -0.3 is 5.73 Å². The zero-order valence-electron chi connectivity index (χ0n) is 29.3. The molecule has 248 valence electrons. The van der Waals surface area contributed by atoms with Gasteiger partial charge in [-0.15, -0.1) is 0 Å². The fraction of sp³-hybridized carbons (Fsp3) is 1.00. The van der Waals surface area contributed by atoms with E-state index in [1.54, 1.807) is 0 Å². The zero-order valence-corrected chi connectivity index (χ0v) is 29.3. The van der Waals surface area contributed by atoms with Gasteiger partial charge in [-0.25, -0.2) is 0 Å². The van der Waals surface area contributed by atoms with E-state index >= 15 is 0 Å². The topological polar surface area (TPSA) is 26.0 Å². The summed E-state index contributed by atoms with van der Waals surface area (Å²) in [5, 5.41) is 0. The Morgan fingerprint density at radius 3 is 0.683 bits per heavy atom. The van der Waals surface area contributed by atoms with Crippen LogP contribution in [0.15, 0.2) is 0 Å². The molecule has 0 aromatic heterocycles. The van der Waals surface area contributed by atoms with Crippen LogP contribution in [0.4, 0.5) is 0 Å². The van der Waals surface area contributed by atoms with Gasteiger partial charge in [0.1, 0.15) is 0 Å². The lowest BCUT2D eigenvalue weighted by molar-refractivity contribution is 0.373. The Morgan fingerprint density at radius 1 is 0.268 bits per heavy atom. The first-order chi connectivity index (χ1) is 20.3. The molecule has 0 saturated carbocycles. The van der Waals surface area contributed by atoms with Gasteiger partial charge >= 0.3 is 0 Å². The van der Waals surface area contributed by atoms with Crippen molar-refractivity contribution in [1.82, 2.24) is 0 Å². The molecular formula is C40H83N. The Balaban J connectivity index is 3.44. The lowest BCUT2D eigenvalue weighted by atomic mass is 9.90. The summed E-state index contributed by atoms with van der Waals surface area (Å²) < 4.78 is 0. The van der Waals surface area contributed by atoms with Crippen LogP contribution in [0.3, 0.4) is 0 Å². The van der Waals surface area contributed by atoms with E-state index < -0.39 is 0 Å². The van der Waals surface area contributed by atoms with Crippen molar-refractivity contribution in [2.45, 2.75) is 245 Å². The second-order valence-corrected chi connectivity index (χ2v) is 14.0. The minimum atomic E-state index is 0.883. The normalized spacial score (nSPS) is 11.7. The number of hydrogen-bond donors (Lipinski definition) is 1. The molecular weight excluding hydrogens is 494 g/mol. The van der Waals surface area contributed by atoms with Gasteiger partial charge in [0.15, 0.2) is 0 Å². The van der Waals surface area contributed by atoms with E-state index in [9.17, 15) is 0 Å². The first kappa shape index (κ1) is 41.0. The molecule has 41 heavy (non-hydrogen) atoms. The molecule has 0 aliphatic heterocycles. The molecule has 1 nitrogen and oxygen atoms in total. The van der Waals surface area contributed by atoms with Gasteiger partial charge in [-0.3, -0.25) is 0 Å². The van der Waals surface area contributed by atoms with Crippen LogP contribution in [0.2, 0.25) is 0 Å². The van der Waals surface area contributed by atoms with Gasteiger partial charge in [0.2, 0.25) is 0 Å². The monoisotopic (exact) mass is 578 g/mol. The van der Waals surface area contributed by atoms with E-state index in [1.165, 1.54) is 231 Å². The van der Waals surface area contributed by atoms with Gasteiger partial charge in [-0.2, -0.15) is 0 Å². The van der Waals surface area contributed by atoms with E-state index in [4.69, 9.17) is 5.73 Å². The maximum absolute atomic E-state index is 5.86. The number of rotatable bonds is 37. The van der Waals surface area contributed by atoms with Crippen LogP contribution < -0.4 is 5.73 Å². The molecule has 0 heterocycles. The van der Waals surface area contributed by atoms with Crippen molar-refractivity contribution >= 4 is 0 Å². The molecule has 0 aliphatic carbocycles. The molecule has 2 N–H and O–H groups in total. The van der Waals surface area contributed by atoms with Gasteiger partial charge in [0.05, 0.1) is 0 Å². The molecule has 0 radical (unpaired) electrons. The molecule has 0 unspecified atom stereocenters. The maximum Gasteiger partial charge on any atom is -0.00772 e. The Hall–Kier alpha value is -0.0400. The summed E-state index contributed by atoms with van der Waals surface area (Å²) in [5.41, 5.74) is 5.86. The molecule has 0 aliphatic rings. The highest BCUT2D eigenvalue weighted by atomic mass is 14.5. The van der Waals surface area contributed by atoms with E-state index in [0.717, 1.165) is 12.5 Å². The van der Waals surface area contributed by atoms with Crippen molar-refractivity contribution in [1.29, 1.82) is 0 Å². The largest absolute Gasteiger partial charge is 0.330 e. The molecule has 0 bridgehead atoms. The van der Waals surface area contributed by atoms with Crippen molar-refractivity contribution in [3.63, 3.8) is 0 Å². The van der Waals surface area contributed by atoms with E-state index in [0.29, 0.717) is 0 Å². The molecule has 1 heteroatoms. The minimum absolute atomic E-state index is 0.883. The van der Waals surface area contributed by atoms with Crippen LogP contribution in [0.1, 0.15) is 245 Å². The van der Waals surface area contributed by atoms with Gasteiger partial charge in [-0.1, -0.05) is 232 Å². The number of nitrogens with two attached hydrogens (primary N) is 1. The van der Waals surface area contributed by atoms with Crippen molar-refractivity contribution in [2.75, 3.05) is 6.54 Å². The molecule has 0 atom stereocenters. The van der Waals surface area contributed by atoms with Gasteiger partial charge in [0.25, 0.3) is 0 Å². The summed E-state index contributed by atoms with van der Waals surface area (Å²) in [6.45, 7) is 5.50. The van der Waals surface area contributed by atoms with Crippen molar-refractivity contribution in [3.05, 3.63) is 0 Å². The molecule has 0 amide bonds. The zero-order chi connectivity index (χ0) is 29.7. The van der Waals surface area contributed by atoms with E-state index in [1.807, 2.05) is 0 Å². The SMILES string of the molecule is CCCCCCCCCCCCCCCCCCC(CCCN)CCCCCCCCCCCCCCCCCC. The number of unbranched alkanes of at least 4 members (excludes halogenated alkanes) is 30. The van der Waals surface area contributed by atoms with Crippen LogP contribution >= 0.6 is 0 Å². The first-order valence-corrected chi connectivity index (χ1v) is 20.0. The predicted octanol–water partition coefficient (Wildman–Crippen LogP) is 14.6. The lowest BCUT2D eigenvalue weighted by Crippen LogP contribution is -2.06. The molecule has 0 saturated heterocycles. The third kappa shape index (κ3) is 36.1. The third-order valence-electron chi connectivity index (χ3n) is 9.75. The van der Waals surface area contributed by atoms with Crippen LogP contribution in [-0.4, -0.2) is 6.54 Å². The highest BCUT2D eigenvalue weighted by molar-refractivity contribution is 4.62. The number of hydrogen-bond acceptors (Lipinski definition) is 1. The molecule has 0 aromatic rings. The quantitative estimate of drug-likeness (QED) is 0.0730. The van der Waals surface area contributed by atoms with Gasteiger partial charge in [-0.05, 0) is 25.3 Å². The van der Waals surface area contributed by atoms with Crippen molar-refractivity contribution in [2.24, 2.45) is 11.7 Å². The molecule has 0 fully saturated rings. The summed E-state index contributed by atoms with van der Waals surface area (Å²) >= 11 is 0. The fourth-order valence-corrected chi connectivity index (χ4v) is 6.80. The predicted molar refractivity (Wildman–Crippen MR) is 190 cm³/mol. The first-order valence-electron chi connectivity index (χ1n) is 20.0. The molecule has 0 spiro atoms. The Kier molecular flexibility index (Phi) is 37.9. The standard InChI is InChI=1S/C40H83N/c1-3-5-7-9-11-13-15-17-19-21-23-25-27-29-31-33-36-40(38-35-39-41)37-34-32-30-28-26-24-22-20-18-16-14-12-10-8-6-4-2/h40H,3-39,41H2,1-2H3. The van der Waals surface area contributed by atoms with E-state index in [-0.39, 0.29) is 0 Å². The lowest BCUT2D eigenvalue weighted by Gasteiger charge is -2.16. The summed E-state index contributed by atoms with van der Waals surface area (Å²) in [5.74, 6) is 0.955. The minimum Gasteiger partial charge on any atom is -0.330 e. The highest BCUT2D eigenvalue weighted by Gasteiger charge is 2.08.